The van der Waals surface area contributed by atoms with Gasteiger partial charge in [-0.3, -0.25) is 0 Å². The molecular weight excluding hydrogens is 254 g/mol. The van der Waals surface area contributed by atoms with Crippen molar-refractivity contribution < 1.29 is 12.8 Å². The first-order valence-corrected chi connectivity index (χ1v) is 7.31. The third kappa shape index (κ3) is 4.09. The zero-order chi connectivity index (χ0) is 13.8. The quantitative estimate of drug-likeness (QED) is 0.769. The first-order valence-electron chi connectivity index (χ1n) is 5.87. The highest BCUT2D eigenvalue weighted by Gasteiger charge is 2.21. The van der Waals surface area contributed by atoms with Gasteiger partial charge in [0.15, 0.2) is 0 Å². The number of nitrogens with one attached hydrogen (secondary N) is 1. The molecule has 1 unspecified atom stereocenters. The molecule has 0 spiro atoms. The zero-order valence-electron chi connectivity index (χ0n) is 11.0. The highest BCUT2D eigenvalue weighted by atomic mass is 32.2. The molecule has 104 valence electrons. The number of furan rings is 1. The van der Waals surface area contributed by atoms with E-state index >= 15 is 0 Å². The van der Waals surface area contributed by atoms with Gasteiger partial charge < -0.3 is 10.2 Å². The second-order valence-electron chi connectivity index (χ2n) is 4.26. The molecule has 7 heteroatoms. The molecule has 0 aliphatic carbocycles. The van der Waals surface area contributed by atoms with Crippen LogP contribution in [0.25, 0.3) is 0 Å². The normalized spacial score (nSPS) is 14.1. The Kier molecular flexibility index (Phi) is 5.33. The fraction of sp³-hybridized carbons (Fsp3) is 0.636. The van der Waals surface area contributed by atoms with Crippen molar-refractivity contribution in [3.63, 3.8) is 0 Å². The van der Waals surface area contributed by atoms with Crippen LogP contribution in [0.1, 0.15) is 30.9 Å². The van der Waals surface area contributed by atoms with E-state index in [9.17, 15) is 8.42 Å². The maximum atomic E-state index is 12.0. The van der Waals surface area contributed by atoms with Crippen LogP contribution in [0.4, 0.5) is 0 Å². The molecule has 0 amide bonds. The minimum Gasteiger partial charge on any atom is -0.465 e. The largest absolute Gasteiger partial charge is 0.465 e. The summed E-state index contributed by atoms with van der Waals surface area (Å²) in [4.78, 5) is 0. The Morgan fingerprint density at radius 1 is 1.50 bits per heavy atom. The second kappa shape index (κ2) is 6.33. The van der Waals surface area contributed by atoms with Gasteiger partial charge in [-0.15, -0.1) is 0 Å². The summed E-state index contributed by atoms with van der Waals surface area (Å²) < 4.78 is 33.1. The number of hydrogen-bond acceptors (Lipinski definition) is 4. The predicted molar refractivity (Wildman–Crippen MR) is 70.2 cm³/mol. The smallest absolute Gasteiger partial charge is 0.279 e. The molecule has 0 aromatic carbocycles. The maximum Gasteiger partial charge on any atom is 0.279 e. The first kappa shape index (κ1) is 15.2. The molecule has 1 aromatic rings. The fourth-order valence-electron chi connectivity index (χ4n) is 1.49. The molecule has 0 aliphatic rings. The van der Waals surface area contributed by atoms with Crippen LogP contribution >= 0.6 is 0 Å². The molecule has 3 N–H and O–H groups in total. The van der Waals surface area contributed by atoms with E-state index in [2.05, 4.69) is 4.72 Å². The van der Waals surface area contributed by atoms with E-state index in [0.29, 0.717) is 25.3 Å². The molecule has 1 rings (SSSR count). The zero-order valence-corrected chi connectivity index (χ0v) is 11.8. The Morgan fingerprint density at radius 2 is 2.17 bits per heavy atom. The van der Waals surface area contributed by atoms with E-state index in [4.69, 9.17) is 10.2 Å². The van der Waals surface area contributed by atoms with Crippen LogP contribution in [0.2, 0.25) is 0 Å². The standard InChI is InChI=1S/C11H21N3O3S/c1-9-5-6-11(17-9)10(2)13-18(15,16)14(3)8-4-7-12/h5-6,10,13H,4,7-8,12H2,1-3H3. The van der Waals surface area contributed by atoms with Crippen LogP contribution in [0, 0.1) is 6.92 Å². The monoisotopic (exact) mass is 275 g/mol. The minimum absolute atomic E-state index is 0.399. The molecule has 0 radical (unpaired) electrons. The van der Waals surface area contributed by atoms with Crippen molar-refractivity contribution in [3.05, 3.63) is 23.7 Å². The summed E-state index contributed by atoms with van der Waals surface area (Å²) in [6.45, 7) is 4.42. The lowest BCUT2D eigenvalue weighted by molar-refractivity contribution is 0.416. The topological polar surface area (TPSA) is 88.6 Å². The highest BCUT2D eigenvalue weighted by molar-refractivity contribution is 7.87. The fourth-order valence-corrected chi connectivity index (χ4v) is 2.60. The van der Waals surface area contributed by atoms with Gasteiger partial charge in [-0.2, -0.15) is 17.4 Å². The van der Waals surface area contributed by atoms with E-state index in [0.717, 1.165) is 5.76 Å². The molecule has 0 fully saturated rings. The summed E-state index contributed by atoms with van der Waals surface area (Å²) in [7, 11) is -1.98. The van der Waals surface area contributed by atoms with Crippen molar-refractivity contribution in [2.24, 2.45) is 5.73 Å². The Labute approximate surface area is 108 Å². The van der Waals surface area contributed by atoms with E-state index in [1.165, 1.54) is 11.4 Å². The number of nitrogens with two attached hydrogens (primary N) is 1. The first-order chi connectivity index (χ1) is 8.36. The van der Waals surface area contributed by atoms with Gasteiger partial charge >= 0.3 is 0 Å². The minimum atomic E-state index is -3.50. The SMILES string of the molecule is Cc1ccc(C(C)NS(=O)(=O)N(C)CCCN)o1. The van der Waals surface area contributed by atoms with Gasteiger partial charge in [0.1, 0.15) is 11.5 Å². The molecular formula is C11H21N3O3S. The molecule has 0 saturated heterocycles. The van der Waals surface area contributed by atoms with Gasteiger partial charge in [-0.05, 0) is 38.9 Å². The molecule has 1 aromatic heterocycles. The molecule has 1 atom stereocenters. The highest BCUT2D eigenvalue weighted by Crippen LogP contribution is 2.16. The van der Waals surface area contributed by atoms with Crippen molar-refractivity contribution in [2.75, 3.05) is 20.1 Å². The number of nitrogens with zero attached hydrogens (tertiary/aromatic N) is 1. The molecule has 18 heavy (non-hydrogen) atoms. The summed E-state index contributed by atoms with van der Waals surface area (Å²) in [5, 5.41) is 0. The van der Waals surface area contributed by atoms with E-state index in [1.54, 1.807) is 19.1 Å². The Hall–Kier alpha value is -0.890. The average molecular weight is 275 g/mol. The van der Waals surface area contributed by atoms with E-state index < -0.39 is 16.3 Å². The lowest BCUT2D eigenvalue weighted by Gasteiger charge is -2.19. The van der Waals surface area contributed by atoms with E-state index in [1.807, 2.05) is 6.92 Å². The summed E-state index contributed by atoms with van der Waals surface area (Å²) in [6.07, 6.45) is 0.631. The van der Waals surface area contributed by atoms with Crippen molar-refractivity contribution in [3.8, 4) is 0 Å². The Balaban J connectivity index is 2.65. The van der Waals surface area contributed by atoms with Crippen molar-refractivity contribution in [1.82, 2.24) is 9.03 Å². The molecule has 1 heterocycles. The average Bonchev–Trinajstić information content (AvgIpc) is 2.72. The Bertz CT molecular complexity index is 470. The number of aryl methyl sites for hydroxylation is 1. The van der Waals surface area contributed by atoms with Crippen molar-refractivity contribution in [1.29, 1.82) is 0 Å². The summed E-state index contributed by atoms with van der Waals surface area (Å²) in [5.41, 5.74) is 5.36. The van der Waals surface area contributed by atoms with Gasteiger partial charge in [0.2, 0.25) is 0 Å². The molecule has 0 aliphatic heterocycles. The summed E-state index contributed by atoms with van der Waals surface area (Å²) in [5.74, 6) is 1.36. The second-order valence-corrected chi connectivity index (χ2v) is 6.07. The summed E-state index contributed by atoms with van der Waals surface area (Å²) >= 11 is 0. The lowest BCUT2D eigenvalue weighted by Crippen LogP contribution is -2.40. The van der Waals surface area contributed by atoms with Gasteiger partial charge in [-0.1, -0.05) is 0 Å². The van der Waals surface area contributed by atoms with E-state index in [-0.39, 0.29) is 0 Å². The molecule has 0 saturated carbocycles. The van der Waals surface area contributed by atoms with Crippen molar-refractivity contribution >= 4 is 10.2 Å². The van der Waals surface area contributed by atoms with Gasteiger partial charge in [0.25, 0.3) is 10.2 Å². The van der Waals surface area contributed by atoms with Crippen LogP contribution in [0.15, 0.2) is 16.5 Å². The van der Waals surface area contributed by atoms with Crippen LogP contribution in [0.3, 0.4) is 0 Å². The summed E-state index contributed by atoms with van der Waals surface area (Å²) in [6, 6.07) is 3.17. The van der Waals surface area contributed by atoms with Gasteiger partial charge in [0, 0.05) is 13.6 Å². The maximum absolute atomic E-state index is 12.0. The van der Waals surface area contributed by atoms with Gasteiger partial charge in [0.05, 0.1) is 6.04 Å². The van der Waals surface area contributed by atoms with Crippen LogP contribution in [-0.2, 0) is 10.2 Å². The van der Waals surface area contributed by atoms with Crippen molar-refractivity contribution in [2.45, 2.75) is 26.3 Å². The number of rotatable bonds is 7. The molecule has 0 bridgehead atoms. The number of hydrogen-bond donors (Lipinski definition) is 2. The van der Waals surface area contributed by atoms with Crippen LogP contribution in [0.5, 0.6) is 0 Å². The Morgan fingerprint density at radius 3 is 2.67 bits per heavy atom. The third-order valence-electron chi connectivity index (χ3n) is 2.60. The molecule has 6 nitrogen and oxygen atoms in total. The third-order valence-corrected chi connectivity index (χ3v) is 4.26. The van der Waals surface area contributed by atoms with Crippen LogP contribution < -0.4 is 10.5 Å². The van der Waals surface area contributed by atoms with Crippen LogP contribution in [-0.4, -0.2) is 32.9 Å². The van der Waals surface area contributed by atoms with Gasteiger partial charge in [-0.25, -0.2) is 0 Å². The predicted octanol–water partition coefficient (Wildman–Crippen LogP) is 0.764. The lowest BCUT2D eigenvalue weighted by atomic mass is 10.3.